The molecule has 166 valence electrons. The molecule has 6 nitrogen and oxygen atoms in total. The van der Waals surface area contributed by atoms with E-state index >= 15 is 0 Å². The maximum absolute atomic E-state index is 12.8. The number of thiophene rings is 1. The summed E-state index contributed by atoms with van der Waals surface area (Å²) in [4.78, 5) is 14.8. The fourth-order valence-electron chi connectivity index (χ4n) is 5.59. The Hall–Kier alpha value is -2.77. The van der Waals surface area contributed by atoms with Gasteiger partial charge in [0.25, 0.3) is 0 Å². The number of methoxy groups -OCH3 is 1. The molecule has 6 rings (SSSR count). The molecule has 2 fully saturated rings. The largest absolute Gasteiger partial charge is 0.497 e. The zero-order valence-corrected chi connectivity index (χ0v) is 19.0. The second-order valence-corrected chi connectivity index (χ2v) is 9.97. The van der Waals surface area contributed by atoms with Crippen LogP contribution < -0.4 is 10.1 Å². The Bertz CT molecular complexity index is 1150. The molecule has 0 aliphatic carbocycles. The van der Waals surface area contributed by atoms with Gasteiger partial charge < -0.3 is 24.3 Å². The summed E-state index contributed by atoms with van der Waals surface area (Å²) >= 11 is 1.64. The topological polar surface area (TPSA) is 55.7 Å². The number of nitrogens with zero attached hydrogens (tertiary/aromatic N) is 2. The number of fused-ring (bicyclic) bond motifs is 4. The van der Waals surface area contributed by atoms with E-state index in [1.54, 1.807) is 18.4 Å². The molecule has 1 atom stereocenters. The molecule has 1 aromatic carbocycles. The molecule has 7 heteroatoms. The van der Waals surface area contributed by atoms with E-state index in [2.05, 4.69) is 45.7 Å². The molecular formula is C25H27N3O3S. The van der Waals surface area contributed by atoms with Gasteiger partial charge in [0, 0.05) is 31.8 Å². The summed E-state index contributed by atoms with van der Waals surface area (Å²) in [5.74, 6) is 1.06. The average Bonchev–Trinajstić information content (AvgIpc) is 3.56. The van der Waals surface area contributed by atoms with Crippen LogP contribution in [0.25, 0.3) is 5.69 Å². The number of amides is 1. The van der Waals surface area contributed by atoms with Gasteiger partial charge in [-0.3, -0.25) is 4.79 Å². The quantitative estimate of drug-likeness (QED) is 0.651. The molecule has 2 aromatic heterocycles. The molecule has 1 amide bonds. The lowest BCUT2D eigenvalue weighted by molar-refractivity contribution is -0.135. The van der Waals surface area contributed by atoms with Crippen LogP contribution in [0.5, 0.6) is 5.75 Å². The van der Waals surface area contributed by atoms with E-state index in [1.807, 2.05) is 22.4 Å². The van der Waals surface area contributed by atoms with Crippen molar-refractivity contribution in [3.05, 3.63) is 64.6 Å². The van der Waals surface area contributed by atoms with E-state index in [0.29, 0.717) is 13.0 Å². The molecule has 0 saturated carbocycles. The number of anilines is 1. The molecule has 2 spiro atoms. The summed E-state index contributed by atoms with van der Waals surface area (Å²) in [5, 5.41) is 7.91. The number of aromatic nitrogens is 1. The zero-order valence-electron chi connectivity index (χ0n) is 18.2. The number of rotatable bonds is 3. The third kappa shape index (κ3) is 3.14. The van der Waals surface area contributed by atoms with Crippen molar-refractivity contribution in [1.82, 2.24) is 9.47 Å². The predicted molar refractivity (Wildman–Crippen MR) is 125 cm³/mol. The van der Waals surface area contributed by atoms with Gasteiger partial charge in [-0.1, -0.05) is 0 Å². The minimum atomic E-state index is -0.272. The number of hydrogen-bond donors (Lipinski definition) is 1. The standard InChI is InChI=1S/C25H27N3O3S/c1-30-19-4-5-21-20(14-19)26-25(22-3-2-9-28(21)22)16-24(31-17-25)7-10-27(11-8-24)23(29)13-18-6-12-32-15-18/h2-6,9,12,14-15,26H,7-8,10-11,13,16-17H2,1H3/t25-/m0/s1. The van der Waals surface area contributed by atoms with Crippen molar-refractivity contribution in [3.63, 3.8) is 0 Å². The van der Waals surface area contributed by atoms with Gasteiger partial charge in [-0.2, -0.15) is 11.3 Å². The monoisotopic (exact) mass is 449 g/mol. The summed E-state index contributed by atoms with van der Waals surface area (Å²) in [7, 11) is 1.70. The van der Waals surface area contributed by atoms with E-state index in [-0.39, 0.29) is 17.0 Å². The van der Waals surface area contributed by atoms with E-state index in [9.17, 15) is 4.79 Å². The number of nitrogens with one attached hydrogen (secondary N) is 1. The highest BCUT2D eigenvalue weighted by atomic mass is 32.1. The third-order valence-electron chi connectivity index (χ3n) is 7.29. The van der Waals surface area contributed by atoms with Gasteiger partial charge in [-0.15, -0.1) is 0 Å². The van der Waals surface area contributed by atoms with Crippen LogP contribution in [-0.4, -0.2) is 47.8 Å². The van der Waals surface area contributed by atoms with Crippen LogP contribution in [0, 0.1) is 0 Å². The second kappa shape index (κ2) is 7.39. The number of benzene rings is 1. The Morgan fingerprint density at radius 3 is 2.91 bits per heavy atom. The Morgan fingerprint density at radius 1 is 1.25 bits per heavy atom. The van der Waals surface area contributed by atoms with Gasteiger partial charge in [-0.05, 0) is 59.5 Å². The first-order valence-electron chi connectivity index (χ1n) is 11.2. The minimum absolute atomic E-state index is 0.197. The van der Waals surface area contributed by atoms with Crippen LogP contribution in [0.4, 0.5) is 5.69 Å². The van der Waals surface area contributed by atoms with Crippen molar-refractivity contribution in [2.24, 2.45) is 0 Å². The first kappa shape index (κ1) is 19.9. The first-order chi connectivity index (χ1) is 15.6. The van der Waals surface area contributed by atoms with E-state index in [1.165, 1.54) is 5.69 Å². The fourth-order valence-corrected chi connectivity index (χ4v) is 6.26. The van der Waals surface area contributed by atoms with Crippen LogP contribution >= 0.6 is 11.3 Å². The lowest BCUT2D eigenvalue weighted by Gasteiger charge is -2.41. The minimum Gasteiger partial charge on any atom is -0.497 e. The molecule has 3 aliphatic heterocycles. The molecule has 2 saturated heterocycles. The number of hydrogen-bond acceptors (Lipinski definition) is 5. The van der Waals surface area contributed by atoms with Crippen molar-refractivity contribution in [2.45, 2.75) is 36.8 Å². The van der Waals surface area contributed by atoms with E-state index < -0.39 is 0 Å². The number of ether oxygens (including phenoxy) is 2. The highest BCUT2D eigenvalue weighted by Gasteiger charge is 2.54. The molecule has 3 aromatic rings. The van der Waals surface area contributed by atoms with Crippen LogP contribution in [-0.2, 0) is 21.5 Å². The van der Waals surface area contributed by atoms with Crippen molar-refractivity contribution in [3.8, 4) is 11.4 Å². The van der Waals surface area contributed by atoms with Crippen molar-refractivity contribution in [2.75, 3.05) is 32.1 Å². The van der Waals surface area contributed by atoms with Crippen LogP contribution in [0.3, 0.4) is 0 Å². The molecule has 0 radical (unpaired) electrons. The maximum Gasteiger partial charge on any atom is 0.227 e. The third-order valence-corrected chi connectivity index (χ3v) is 8.02. The van der Waals surface area contributed by atoms with Gasteiger partial charge in [0.1, 0.15) is 11.3 Å². The predicted octanol–water partition coefficient (Wildman–Crippen LogP) is 4.19. The summed E-state index contributed by atoms with van der Waals surface area (Å²) < 4.78 is 14.3. The van der Waals surface area contributed by atoms with E-state index in [0.717, 1.165) is 55.0 Å². The summed E-state index contributed by atoms with van der Waals surface area (Å²) in [5.41, 5.74) is 4.08. The van der Waals surface area contributed by atoms with Crippen molar-refractivity contribution in [1.29, 1.82) is 0 Å². The Kier molecular flexibility index (Phi) is 4.59. The highest BCUT2D eigenvalue weighted by Crippen LogP contribution is 2.50. The summed E-state index contributed by atoms with van der Waals surface area (Å²) in [6.07, 6.45) is 5.26. The molecule has 32 heavy (non-hydrogen) atoms. The molecule has 3 aliphatic rings. The Labute approximate surface area is 191 Å². The summed E-state index contributed by atoms with van der Waals surface area (Å²) in [6.45, 7) is 2.13. The SMILES string of the molecule is COc1ccc2c(c1)N[C@@]1(COC3(CCN(C(=O)Cc4ccsc4)CC3)C1)c1cccn1-2. The Morgan fingerprint density at radius 2 is 2.12 bits per heavy atom. The van der Waals surface area contributed by atoms with Gasteiger partial charge >= 0.3 is 0 Å². The first-order valence-corrected chi connectivity index (χ1v) is 12.1. The zero-order chi connectivity index (χ0) is 21.8. The highest BCUT2D eigenvalue weighted by molar-refractivity contribution is 7.08. The van der Waals surface area contributed by atoms with E-state index in [4.69, 9.17) is 9.47 Å². The fraction of sp³-hybridized carbons (Fsp3) is 0.400. The second-order valence-electron chi connectivity index (χ2n) is 9.19. The van der Waals surface area contributed by atoms with Gasteiger partial charge in [-0.25, -0.2) is 0 Å². The van der Waals surface area contributed by atoms with Crippen LogP contribution in [0.15, 0.2) is 53.4 Å². The lowest BCUT2D eigenvalue weighted by atomic mass is 9.79. The average molecular weight is 450 g/mol. The number of carbonyl (C=O) groups excluding carboxylic acids is 1. The maximum atomic E-state index is 12.8. The number of carbonyl (C=O) groups is 1. The lowest BCUT2D eigenvalue weighted by Crippen LogP contribution is -2.48. The van der Waals surface area contributed by atoms with Crippen LogP contribution in [0.2, 0.25) is 0 Å². The van der Waals surface area contributed by atoms with Crippen molar-refractivity contribution < 1.29 is 14.3 Å². The van der Waals surface area contributed by atoms with Gasteiger partial charge in [0.15, 0.2) is 0 Å². The molecule has 0 bridgehead atoms. The Balaban J connectivity index is 1.21. The molecule has 5 heterocycles. The molecule has 1 N–H and O–H groups in total. The number of piperidine rings is 1. The molecular weight excluding hydrogens is 422 g/mol. The summed E-state index contributed by atoms with van der Waals surface area (Å²) in [6, 6.07) is 12.5. The number of likely N-dealkylation sites (tertiary alicyclic amines) is 1. The van der Waals surface area contributed by atoms with Crippen LogP contribution in [0.1, 0.15) is 30.5 Å². The van der Waals surface area contributed by atoms with Gasteiger partial charge in [0.05, 0.1) is 42.8 Å². The molecule has 0 unspecified atom stereocenters. The normalized spacial score (nSPS) is 23.1. The van der Waals surface area contributed by atoms with Gasteiger partial charge in [0.2, 0.25) is 5.91 Å². The van der Waals surface area contributed by atoms with Crippen molar-refractivity contribution >= 4 is 22.9 Å². The smallest absolute Gasteiger partial charge is 0.227 e.